The Balaban J connectivity index is 2.03. The van der Waals surface area contributed by atoms with E-state index >= 15 is 0 Å². The number of H-pyrrole nitrogens is 1. The molecule has 0 aliphatic heterocycles. The summed E-state index contributed by atoms with van der Waals surface area (Å²) in [6, 6.07) is 10.4. The Morgan fingerprint density at radius 2 is 1.89 bits per heavy atom. The van der Waals surface area contributed by atoms with Crippen LogP contribution < -0.4 is 0 Å². The molecule has 1 saturated carbocycles. The van der Waals surface area contributed by atoms with Crippen LogP contribution in [-0.4, -0.2) is 15.1 Å². The van der Waals surface area contributed by atoms with E-state index in [1.807, 2.05) is 6.07 Å². The van der Waals surface area contributed by atoms with E-state index in [-0.39, 0.29) is 17.2 Å². The van der Waals surface area contributed by atoms with Crippen LogP contribution >= 0.6 is 0 Å². The molecule has 1 aliphatic rings. The van der Waals surface area contributed by atoms with E-state index in [1.165, 1.54) is 5.56 Å². The molecule has 0 spiro atoms. The fourth-order valence-corrected chi connectivity index (χ4v) is 2.55. The van der Waals surface area contributed by atoms with Crippen LogP contribution in [0.4, 0.5) is 0 Å². The number of nitrogens with one attached hydrogen (secondary N) is 1. The Morgan fingerprint density at radius 1 is 1.22 bits per heavy atom. The molecular formula is C15H18N2O. The van der Waals surface area contributed by atoms with Crippen LogP contribution in [0.5, 0.6) is 5.88 Å². The molecule has 3 heteroatoms. The largest absolute Gasteiger partial charge is 0.492 e. The molecule has 18 heavy (non-hydrogen) atoms. The first kappa shape index (κ1) is 11.3. The van der Waals surface area contributed by atoms with Crippen molar-refractivity contribution in [2.45, 2.75) is 38.0 Å². The summed E-state index contributed by atoms with van der Waals surface area (Å²) >= 11 is 0. The molecule has 1 aliphatic carbocycles. The van der Waals surface area contributed by atoms with Gasteiger partial charge in [0.1, 0.15) is 5.82 Å². The topological polar surface area (TPSA) is 48.9 Å². The van der Waals surface area contributed by atoms with E-state index in [0.29, 0.717) is 0 Å². The van der Waals surface area contributed by atoms with Crippen LogP contribution in [-0.2, 0) is 5.41 Å². The highest BCUT2D eigenvalue weighted by molar-refractivity contribution is 5.41. The van der Waals surface area contributed by atoms with Crippen molar-refractivity contribution in [2.75, 3.05) is 0 Å². The van der Waals surface area contributed by atoms with Gasteiger partial charge in [0.15, 0.2) is 0 Å². The van der Waals surface area contributed by atoms with Gasteiger partial charge < -0.3 is 10.1 Å². The Labute approximate surface area is 107 Å². The second kappa shape index (κ2) is 3.87. The Morgan fingerprint density at radius 3 is 2.39 bits per heavy atom. The number of aromatic amines is 1. The Bertz CT molecular complexity index is 553. The van der Waals surface area contributed by atoms with Crippen molar-refractivity contribution in [1.82, 2.24) is 9.97 Å². The number of imidazole rings is 1. The molecule has 1 fully saturated rings. The van der Waals surface area contributed by atoms with Gasteiger partial charge in [-0.05, 0) is 24.3 Å². The normalized spacial score (nSPS) is 17.1. The van der Waals surface area contributed by atoms with Crippen molar-refractivity contribution in [3.05, 3.63) is 47.4 Å². The third-order valence-electron chi connectivity index (χ3n) is 3.82. The van der Waals surface area contributed by atoms with Crippen molar-refractivity contribution in [3.8, 4) is 5.88 Å². The first-order chi connectivity index (χ1) is 8.63. The molecule has 94 valence electrons. The second-order valence-corrected chi connectivity index (χ2v) is 5.43. The molecular weight excluding hydrogens is 224 g/mol. The Kier molecular flexibility index (Phi) is 2.44. The highest BCUT2D eigenvalue weighted by Gasteiger charge is 2.48. The van der Waals surface area contributed by atoms with E-state index in [4.69, 9.17) is 0 Å². The molecule has 1 aromatic carbocycles. The SMILES string of the molecule is CC(C)c1[nH]c(C2(c3ccccc3)CC2)nc1O. The number of hydrogen-bond donors (Lipinski definition) is 2. The lowest BCUT2D eigenvalue weighted by molar-refractivity contribution is 0.444. The summed E-state index contributed by atoms with van der Waals surface area (Å²) in [5, 5.41) is 9.90. The number of rotatable bonds is 3. The van der Waals surface area contributed by atoms with E-state index in [9.17, 15) is 5.11 Å². The summed E-state index contributed by atoms with van der Waals surface area (Å²) in [6.07, 6.45) is 2.20. The number of benzene rings is 1. The fourth-order valence-electron chi connectivity index (χ4n) is 2.55. The zero-order chi connectivity index (χ0) is 12.8. The van der Waals surface area contributed by atoms with E-state index in [1.54, 1.807) is 0 Å². The zero-order valence-corrected chi connectivity index (χ0v) is 10.8. The number of nitrogens with zero attached hydrogens (tertiary/aromatic N) is 1. The van der Waals surface area contributed by atoms with E-state index in [2.05, 4.69) is 48.1 Å². The fraction of sp³-hybridized carbons (Fsp3) is 0.400. The molecule has 1 heterocycles. The van der Waals surface area contributed by atoms with Crippen LogP contribution in [0.15, 0.2) is 30.3 Å². The highest BCUT2D eigenvalue weighted by atomic mass is 16.3. The summed E-state index contributed by atoms with van der Waals surface area (Å²) in [7, 11) is 0. The minimum atomic E-state index is 0.00583. The minimum absolute atomic E-state index is 0.00583. The Hall–Kier alpha value is -1.77. The number of aromatic hydroxyl groups is 1. The summed E-state index contributed by atoms with van der Waals surface area (Å²) in [5.74, 6) is 1.33. The number of hydrogen-bond acceptors (Lipinski definition) is 2. The van der Waals surface area contributed by atoms with Gasteiger partial charge in [-0.25, -0.2) is 0 Å². The predicted octanol–water partition coefficient (Wildman–Crippen LogP) is 3.32. The first-order valence-corrected chi connectivity index (χ1v) is 6.48. The summed E-state index contributed by atoms with van der Waals surface area (Å²) in [4.78, 5) is 7.66. The third-order valence-corrected chi connectivity index (χ3v) is 3.82. The van der Waals surface area contributed by atoms with Crippen molar-refractivity contribution in [2.24, 2.45) is 0 Å². The average Bonchev–Trinajstić information content (AvgIpc) is 3.08. The summed E-state index contributed by atoms with van der Waals surface area (Å²) < 4.78 is 0. The molecule has 3 nitrogen and oxygen atoms in total. The summed E-state index contributed by atoms with van der Waals surface area (Å²) in [6.45, 7) is 4.11. The average molecular weight is 242 g/mol. The minimum Gasteiger partial charge on any atom is -0.492 e. The van der Waals surface area contributed by atoms with Gasteiger partial charge in [-0.3, -0.25) is 0 Å². The monoisotopic (exact) mass is 242 g/mol. The summed E-state index contributed by atoms with van der Waals surface area (Å²) in [5.41, 5.74) is 2.13. The van der Waals surface area contributed by atoms with Crippen molar-refractivity contribution in [3.63, 3.8) is 0 Å². The first-order valence-electron chi connectivity index (χ1n) is 6.48. The molecule has 0 bridgehead atoms. The van der Waals surface area contributed by atoms with Crippen LogP contribution in [0.25, 0.3) is 0 Å². The lowest BCUT2D eigenvalue weighted by Crippen LogP contribution is -2.10. The maximum absolute atomic E-state index is 9.90. The highest BCUT2D eigenvalue weighted by Crippen LogP contribution is 2.53. The van der Waals surface area contributed by atoms with Crippen molar-refractivity contribution >= 4 is 0 Å². The van der Waals surface area contributed by atoms with Crippen LogP contribution in [0.1, 0.15) is 49.7 Å². The van der Waals surface area contributed by atoms with Crippen LogP contribution in [0.2, 0.25) is 0 Å². The quantitative estimate of drug-likeness (QED) is 0.867. The molecule has 0 unspecified atom stereocenters. The molecule has 2 aromatic rings. The molecule has 0 amide bonds. The van der Waals surface area contributed by atoms with Gasteiger partial charge in [0, 0.05) is 0 Å². The van der Waals surface area contributed by atoms with Gasteiger partial charge >= 0.3 is 0 Å². The maximum atomic E-state index is 9.90. The van der Waals surface area contributed by atoms with Crippen LogP contribution in [0.3, 0.4) is 0 Å². The smallest absolute Gasteiger partial charge is 0.232 e. The van der Waals surface area contributed by atoms with Gasteiger partial charge in [-0.1, -0.05) is 44.2 Å². The lowest BCUT2D eigenvalue weighted by atomic mass is 9.95. The molecule has 0 saturated heterocycles. The molecule has 3 rings (SSSR count). The van der Waals surface area contributed by atoms with Gasteiger partial charge in [0.2, 0.25) is 5.88 Å². The molecule has 0 radical (unpaired) electrons. The van der Waals surface area contributed by atoms with Crippen molar-refractivity contribution in [1.29, 1.82) is 0 Å². The van der Waals surface area contributed by atoms with E-state index < -0.39 is 0 Å². The predicted molar refractivity (Wildman–Crippen MR) is 70.8 cm³/mol. The third kappa shape index (κ3) is 1.62. The van der Waals surface area contributed by atoms with Gasteiger partial charge in [-0.2, -0.15) is 4.98 Å². The molecule has 2 N–H and O–H groups in total. The maximum Gasteiger partial charge on any atom is 0.232 e. The lowest BCUT2D eigenvalue weighted by Gasteiger charge is -2.12. The second-order valence-electron chi connectivity index (χ2n) is 5.43. The zero-order valence-electron chi connectivity index (χ0n) is 10.8. The molecule has 1 aromatic heterocycles. The molecule has 0 atom stereocenters. The van der Waals surface area contributed by atoms with E-state index in [0.717, 1.165) is 24.4 Å². The number of aromatic nitrogens is 2. The van der Waals surface area contributed by atoms with Gasteiger partial charge in [-0.15, -0.1) is 0 Å². The van der Waals surface area contributed by atoms with Gasteiger partial charge in [0.05, 0.1) is 11.1 Å². The van der Waals surface area contributed by atoms with Gasteiger partial charge in [0.25, 0.3) is 0 Å². The van der Waals surface area contributed by atoms with Crippen LogP contribution in [0, 0.1) is 0 Å². The standard InChI is InChI=1S/C15H18N2O/c1-10(2)12-13(18)17-14(16-12)15(8-9-15)11-6-4-3-5-7-11/h3-7,10,18H,8-9H2,1-2H3,(H,16,17). The van der Waals surface area contributed by atoms with Crippen molar-refractivity contribution < 1.29 is 5.11 Å².